The first kappa shape index (κ1) is 20.4. The highest BCUT2D eigenvalue weighted by Gasteiger charge is 2.26. The molecule has 8 heteroatoms. The molecule has 5 aromatic rings. The molecule has 0 spiro atoms. The summed E-state index contributed by atoms with van der Waals surface area (Å²) < 4.78 is 5.09. The minimum Gasteiger partial charge on any atom is -0.342 e. The molecule has 0 N–H and O–H groups in total. The molecule has 1 saturated carbocycles. The van der Waals surface area contributed by atoms with Crippen LogP contribution in [0.2, 0.25) is 0 Å². The Balaban J connectivity index is 1.67. The molecule has 0 atom stereocenters. The summed E-state index contributed by atoms with van der Waals surface area (Å²) in [5.74, 6) is 0.527. The van der Waals surface area contributed by atoms with Gasteiger partial charge in [-0.1, -0.05) is 6.07 Å². The second-order valence-electron chi connectivity index (χ2n) is 9.24. The minimum atomic E-state index is -0.249. The zero-order valence-electron chi connectivity index (χ0n) is 19.2. The van der Waals surface area contributed by atoms with Crippen molar-refractivity contribution in [2.45, 2.75) is 38.6 Å². The third-order valence-corrected chi connectivity index (χ3v) is 6.44. The van der Waals surface area contributed by atoms with Crippen LogP contribution >= 0.6 is 0 Å². The largest absolute Gasteiger partial charge is 0.342 e. The number of benzene rings is 1. The van der Waals surface area contributed by atoms with Crippen LogP contribution in [0, 0.1) is 11.3 Å². The molecule has 6 rings (SSSR count). The number of aromatic nitrogens is 6. The maximum absolute atomic E-state index is 14.0. The Morgan fingerprint density at radius 3 is 2.62 bits per heavy atom. The third-order valence-electron chi connectivity index (χ3n) is 6.44. The van der Waals surface area contributed by atoms with Gasteiger partial charge in [-0.05, 0) is 51.0 Å². The monoisotopic (exact) mass is 449 g/mol. The Bertz CT molecular complexity index is 1680. The summed E-state index contributed by atoms with van der Waals surface area (Å²) in [6.45, 7) is 4.06. The van der Waals surface area contributed by atoms with Gasteiger partial charge in [0.15, 0.2) is 0 Å². The predicted octanol–water partition coefficient (Wildman–Crippen LogP) is 4.47. The van der Waals surface area contributed by atoms with Crippen molar-refractivity contribution in [2.24, 2.45) is 7.05 Å². The van der Waals surface area contributed by atoms with Crippen LogP contribution in [0.3, 0.4) is 0 Å². The number of hydrogen-bond donors (Lipinski definition) is 0. The molecule has 1 aromatic carbocycles. The first-order chi connectivity index (χ1) is 16.4. The lowest BCUT2D eigenvalue weighted by Gasteiger charge is -2.14. The molecular weight excluding hydrogens is 426 g/mol. The van der Waals surface area contributed by atoms with Crippen LogP contribution in [0.25, 0.3) is 38.8 Å². The molecular formula is C26H23N7O. The molecule has 4 heterocycles. The van der Waals surface area contributed by atoms with Crippen LogP contribution in [-0.4, -0.2) is 29.1 Å². The van der Waals surface area contributed by atoms with E-state index in [1.807, 2.05) is 62.0 Å². The Labute approximate surface area is 195 Å². The molecule has 0 bridgehead atoms. The maximum atomic E-state index is 14.0. The van der Waals surface area contributed by atoms with Gasteiger partial charge in [0.25, 0.3) is 5.56 Å². The van der Waals surface area contributed by atoms with Crippen LogP contribution in [0.15, 0.2) is 53.7 Å². The Morgan fingerprint density at radius 1 is 1.12 bits per heavy atom. The minimum absolute atomic E-state index is 0.0471. The van der Waals surface area contributed by atoms with Gasteiger partial charge in [0.05, 0.1) is 27.8 Å². The van der Waals surface area contributed by atoms with Gasteiger partial charge in [0.2, 0.25) is 0 Å². The number of nitrogens with zero attached hydrogens (tertiary/aromatic N) is 7. The number of nitriles is 1. The average Bonchev–Trinajstić information content (AvgIpc) is 3.51. The molecule has 1 aliphatic rings. The Kier molecular flexibility index (Phi) is 4.42. The molecule has 1 aliphatic carbocycles. The normalized spacial score (nSPS) is 13.7. The number of pyridine rings is 1. The summed E-state index contributed by atoms with van der Waals surface area (Å²) in [6, 6.07) is 11.9. The zero-order chi connectivity index (χ0) is 23.6. The number of rotatable bonds is 4. The molecule has 0 radical (unpaired) electrons. The summed E-state index contributed by atoms with van der Waals surface area (Å²) in [6.07, 6.45) is 7.79. The van der Waals surface area contributed by atoms with Gasteiger partial charge in [-0.2, -0.15) is 20.1 Å². The van der Waals surface area contributed by atoms with E-state index in [2.05, 4.69) is 21.3 Å². The Morgan fingerprint density at radius 2 is 1.94 bits per heavy atom. The number of fused-ring (bicyclic) bond motifs is 2. The van der Waals surface area contributed by atoms with Crippen molar-refractivity contribution in [3.63, 3.8) is 0 Å². The summed E-state index contributed by atoms with van der Waals surface area (Å²) in [5.41, 5.74) is 5.10. The van der Waals surface area contributed by atoms with Gasteiger partial charge in [-0.15, -0.1) is 0 Å². The fourth-order valence-electron chi connectivity index (χ4n) is 4.58. The van der Waals surface area contributed by atoms with E-state index in [9.17, 15) is 10.1 Å². The van der Waals surface area contributed by atoms with Crippen molar-refractivity contribution in [1.29, 1.82) is 5.26 Å². The highest BCUT2D eigenvalue weighted by Crippen LogP contribution is 2.39. The van der Waals surface area contributed by atoms with Gasteiger partial charge in [-0.3, -0.25) is 14.5 Å². The number of aryl methyl sites for hydroxylation is 1. The van der Waals surface area contributed by atoms with Crippen molar-refractivity contribution in [3.8, 4) is 22.9 Å². The topological polar surface area (TPSA) is 94.3 Å². The van der Waals surface area contributed by atoms with E-state index in [-0.39, 0.29) is 11.6 Å². The number of hydrogen-bond acceptors (Lipinski definition) is 5. The average molecular weight is 450 g/mol. The van der Waals surface area contributed by atoms with E-state index in [1.54, 1.807) is 17.1 Å². The van der Waals surface area contributed by atoms with Crippen LogP contribution < -0.4 is 5.56 Å². The summed E-state index contributed by atoms with van der Waals surface area (Å²) in [4.78, 5) is 18.6. The fourth-order valence-corrected chi connectivity index (χ4v) is 4.58. The highest BCUT2D eigenvalue weighted by atomic mass is 16.1. The lowest BCUT2D eigenvalue weighted by molar-refractivity contribution is 0.621. The van der Waals surface area contributed by atoms with Crippen LogP contribution in [-0.2, 0) is 7.05 Å². The van der Waals surface area contributed by atoms with Gasteiger partial charge in [0, 0.05) is 54.2 Å². The molecule has 0 aliphatic heterocycles. The van der Waals surface area contributed by atoms with E-state index < -0.39 is 0 Å². The maximum Gasteiger partial charge on any atom is 0.281 e. The summed E-state index contributed by atoms with van der Waals surface area (Å²) in [7, 11) is 1.86. The molecule has 8 nitrogen and oxygen atoms in total. The van der Waals surface area contributed by atoms with Gasteiger partial charge in [-0.25, -0.2) is 0 Å². The second-order valence-corrected chi connectivity index (χ2v) is 9.24. The molecule has 0 amide bonds. The van der Waals surface area contributed by atoms with Crippen LogP contribution in [0.5, 0.6) is 0 Å². The first-order valence-electron chi connectivity index (χ1n) is 11.4. The Hall–Kier alpha value is -4.25. The molecule has 0 saturated heterocycles. The van der Waals surface area contributed by atoms with Gasteiger partial charge >= 0.3 is 0 Å². The van der Waals surface area contributed by atoms with Crippen LogP contribution in [0.4, 0.5) is 0 Å². The standard InChI is InChI=1S/C26H23N7O/c1-15(2)32-14-19(11-27)24-25(32)23(17-6-8-21(28-12-17)16-4-5-16)26(34)33(30-24)20-7-9-22-18(10-20)13-31(3)29-22/h6-10,12-16H,4-5H2,1-3H3. The van der Waals surface area contributed by atoms with Crippen molar-refractivity contribution in [2.75, 3.05) is 0 Å². The molecule has 1 fully saturated rings. The molecule has 34 heavy (non-hydrogen) atoms. The second kappa shape index (κ2) is 7.39. The molecule has 168 valence electrons. The molecule has 0 unspecified atom stereocenters. The predicted molar refractivity (Wildman–Crippen MR) is 130 cm³/mol. The van der Waals surface area contributed by atoms with Gasteiger partial charge in [0.1, 0.15) is 11.6 Å². The summed E-state index contributed by atoms with van der Waals surface area (Å²) >= 11 is 0. The lowest BCUT2D eigenvalue weighted by Crippen LogP contribution is -2.24. The van der Waals surface area contributed by atoms with Crippen molar-refractivity contribution in [1.82, 2.24) is 29.1 Å². The van der Waals surface area contributed by atoms with E-state index in [0.29, 0.717) is 33.8 Å². The van der Waals surface area contributed by atoms with E-state index in [0.717, 1.165) is 35.0 Å². The van der Waals surface area contributed by atoms with E-state index in [4.69, 9.17) is 0 Å². The highest BCUT2D eigenvalue weighted by molar-refractivity contribution is 5.95. The first-order valence-corrected chi connectivity index (χ1v) is 11.4. The van der Waals surface area contributed by atoms with Crippen molar-refractivity contribution >= 4 is 21.9 Å². The SMILES string of the molecule is CC(C)n1cc(C#N)c2nn(-c3ccc4nn(C)cc4c3)c(=O)c(-c3ccc(C4CC4)nc3)c21. The van der Waals surface area contributed by atoms with Crippen molar-refractivity contribution in [3.05, 3.63) is 70.5 Å². The van der Waals surface area contributed by atoms with Crippen molar-refractivity contribution < 1.29 is 0 Å². The molecule has 4 aromatic heterocycles. The van der Waals surface area contributed by atoms with E-state index in [1.165, 1.54) is 4.68 Å². The van der Waals surface area contributed by atoms with Crippen LogP contribution in [0.1, 0.15) is 49.9 Å². The fraction of sp³-hybridized carbons (Fsp3) is 0.269. The van der Waals surface area contributed by atoms with Gasteiger partial charge < -0.3 is 4.57 Å². The lowest BCUT2D eigenvalue weighted by atomic mass is 10.1. The quantitative estimate of drug-likeness (QED) is 0.404. The third kappa shape index (κ3) is 3.12. The van der Waals surface area contributed by atoms with E-state index >= 15 is 0 Å². The zero-order valence-corrected chi connectivity index (χ0v) is 19.2. The smallest absolute Gasteiger partial charge is 0.281 e. The summed E-state index contributed by atoms with van der Waals surface area (Å²) in [5, 5.41) is 19.9.